The van der Waals surface area contributed by atoms with E-state index in [4.69, 9.17) is 5.84 Å². The largest absolute Gasteiger partial charge is 0.309 e. The van der Waals surface area contributed by atoms with Gasteiger partial charge in [0.25, 0.3) is 0 Å². The van der Waals surface area contributed by atoms with Crippen LogP contribution < -0.4 is 5.84 Å². The van der Waals surface area contributed by atoms with E-state index < -0.39 is 0 Å². The quantitative estimate of drug-likeness (QED) is 0.0938. The van der Waals surface area contributed by atoms with Gasteiger partial charge in [-0.3, -0.25) is 10.7 Å². The molecule has 1 atom stereocenters. The van der Waals surface area contributed by atoms with Crippen LogP contribution in [-0.2, 0) is 13.1 Å². The second kappa shape index (κ2) is 13.3. The third-order valence-corrected chi connectivity index (χ3v) is 11.2. The van der Waals surface area contributed by atoms with Gasteiger partial charge in [-0.1, -0.05) is 140 Å². The smallest absolute Gasteiger partial charge is 0.102 e. The number of nitrogens with two attached hydrogens (primary N) is 1. The molecule has 0 saturated carbocycles. The van der Waals surface area contributed by atoms with Gasteiger partial charge >= 0.3 is 0 Å². The summed E-state index contributed by atoms with van der Waals surface area (Å²) in [4.78, 5) is 2.32. The molecule has 2 heterocycles. The van der Waals surface area contributed by atoms with Crippen molar-refractivity contribution >= 4 is 53.3 Å². The molecule has 0 amide bonds. The first kappa shape index (κ1) is 31.4. The molecule has 0 bridgehead atoms. The molecule has 7 aromatic carbocycles. The first-order chi connectivity index (χ1) is 25.1. The Bertz CT molecular complexity index is 2610. The summed E-state index contributed by atoms with van der Waals surface area (Å²) >= 11 is 1.89. The highest BCUT2D eigenvalue weighted by molar-refractivity contribution is 7.26. The number of hydrogen-bond acceptors (Lipinski definition) is 4. The first-order valence-corrected chi connectivity index (χ1v) is 18.3. The summed E-state index contributed by atoms with van der Waals surface area (Å²) in [6, 6.07) is 61.0. The molecule has 9 aromatic rings. The van der Waals surface area contributed by atoms with Crippen molar-refractivity contribution in [1.82, 2.24) is 14.5 Å². The average Bonchev–Trinajstić information content (AvgIpc) is 3.72. The molecular formula is C46H38N4S. The highest BCUT2D eigenvalue weighted by Crippen LogP contribution is 2.44. The van der Waals surface area contributed by atoms with E-state index in [-0.39, 0.29) is 6.17 Å². The number of fused-ring (bicyclic) bond motifs is 7. The highest BCUT2D eigenvalue weighted by atomic mass is 32.1. The van der Waals surface area contributed by atoms with E-state index in [1.807, 2.05) is 16.3 Å². The number of hydrogen-bond donors (Lipinski definition) is 1. The van der Waals surface area contributed by atoms with Gasteiger partial charge in [-0.2, -0.15) is 0 Å². The van der Waals surface area contributed by atoms with E-state index in [1.165, 1.54) is 64.2 Å². The minimum atomic E-state index is -0.0939. The normalized spacial score (nSPS) is 12.5. The third kappa shape index (κ3) is 5.80. The fraction of sp³-hybridized carbons (Fsp3) is 0.0870. The molecule has 5 heteroatoms. The average molecular weight is 679 g/mol. The van der Waals surface area contributed by atoms with Crippen LogP contribution in [0.2, 0.25) is 0 Å². The highest BCUT2D eigenvalue weighted by Gasteiger charge is 2.23. The summed E-state index contributed by atoms with van der Waals surface area (Å²) in [5.41, 5.74) is 9.57. The van der Waals surface area contributed by atoms with Crippen molar-refractivity contribution in [2.75, 3.05) is 7.05 Å². The SMILES string of the molecule is CN(Cc1ccccc1)C(c1ccccc1)N(N)Cc1ccc(-n2c3cc(-c4ccccc4)ccc3c3c4sc5ccccc5c4ccc32)cc1. The summed E-state index contributed by atoms with van der Waals surface area (Å²) in [7, 11) is 2.15. The Morgan fingerprint density at radius 2 is 1.22 bits per heavy atom. The van der Waals surface area contributed by atoms with Crippen molar-refractivity contribution in [3.63, 3.8) is 0 Å². The lowest BCUT2D eigenvalue weighted by Gasteiger charge is -2.35. The predicted octanol–water partition coefficient (Wildman–Crippen LogP) is 11.3. The maximum atomic E-state index is 6.96. The van der Waals surface area contributed by atoms with Crippen molar-refractivity contribution in [3.05, 3.63) is 187 Å². The summed E-state index contributed by atoms with van der Waals surface area (Å²) in [6.07, 6.45) is -0.0939. The van der Waals surface area contributed by atoms with Gasteiger partial charge in [-0.25, -0.2) is 5.01 Å². The summed E-state index contributed by atoms with van der Waals surface area (Å²) in [5.74, 6) is 6.96. The molecule has 0 aliphatic carbocycles. The molecule has 0 aliphatic heterocycles. The minimum absolute atomic E-state index is 0.0939. The zero-order chi connectivity index (χ0) is 34.3. The Morgan fingerprint density at radius 3 is 1.98 bits per heavy atom. The molecule has 0 fully saturated rings. The van der Waals surface area contributed by atoms with Gasteiger partial charge in [-0.15, -0.1) is 11.3 Å². The van der Waals surface area contributed by atoms with Gasteiger partial charge in [0.15, 0.2) is 0 Å². The van der Waals surface area contributed by atoms with Crippen LogP contribution in [0.4, 0.5) is 0 Å². The third-order valence-electron chi connectivity index (χ3n) is 10.0. The van der Waals surface area contributed by atoms with Gasteiger partial charge in [0.1, 0.15) is 6.17 Å². The van der Waals surface area contributed by atoms with Crippen LogP contribution in [0.3, 0.4) is 0 Å². The van der Waals surface area contributed by atoms with E-state index in [9.17, 15) is 0 Å². The number of hydrazine groups is 1. The molecule has 2 aromatic heterocycles. The summed E-state index contributed by atoms with van der Waals surface area (Å²) < 4.78 is 5.10. The van der Waals surface area contributed by atoms with Crippen molar-refractivity contribution in [1.29, 1.82) is 0 Å². The van der Waals surface area contributed by atoms with Gasteiger partial charge < -0.3 is 4.57 Å². The Balaban J connectivity index is 1.11. The maximum Gasteiger partial charge on any atom is 0.102 e. The molecule has 2 N–H and O–H groups in total. The van der Waals surface area contributed by atoms with Crippen LogP contribution in [0.15, 0.2) is 170 Å². The number of thiophene rings is 1. The van der Waals surface area contributed by atoms with Crippen LogP contribution in [0, 0.1) is 0 Å². The van der Waals surface area contributed by atoms with Crippen LogP contribution in [0.1, 0.15) is 22.9 Å². The topological polar surface area (TPSA) is 37.4 Å². The van der Waals surface area contributed by atoms with E-state index >= 15 is 0 Å². The Morgan fingerprint density at radius 1 is 0.569 bits per heavy atom. The standard InChI is InChI=1S/C46H38N4S/c1-48(30-32-13-5-2-6-14-32)46(35-17-9-4-10-18-35)49(47)31-33-21-24-37(25-22-33)50-41-28-27-39-38-19-11-12-20-43(38)51-45(39)44(41)40-26-23-36(29-42(40)50)34-15-7-3-8-16-34/h2-29,46H,30-31,47H2,1H3. The van der Waals surface area contributed by atoms with Crippen molar-refractivity contribution < 1.29 is 0 Å². The summed E-state index contributed by atoms with van der Waals surface area (Å²) in [6.45, 7) is 1.39. The molecule has 0 spiro atoms. The number of rotatable bonds is 9. The Hall–Kier alpha value is -5.56. The number of aromatic nitrogens is 1. The van der Waals surface area contributed by atoms with Gasteiger partial charge in [0.2, 0.25) is 0 Å². The molecule has 9 rings (SSSR count). The van der Waals surface area contributed by atoms with Crippen molar-refractivity contribution in [2.24, 2.45) is 5.84 Å². The zero-order valence-corrected chi connectivity index (χ0v) is 29.3. The van der Waals surface area contributed by atoms with Gasteiger partial charge in [-0.05, 0) is 65.2 Å². The van der Waals surface area contributed by atoms with Crippen LogP contribution in [-0.4, -0.2) is 21.5 Å². The maximum absolute atomic E-state index is 6.96. The monoisotopic (exact) mass is 678 g/mol. The fourth-order valence-corrected chi connectivity index (χ4v) is 8.96. The fourth-order valence-electron chi connectivity index (χ4n) is 7.70. The first-order valence-electron chi connectivity index (χ1n) is 17.5. The van der Waals surface area contributed by atoms with E-state index in [2.05, 4.69) is 186 Å². The van der Waals surface area contributed by atoms with Crippen LogP contribution in [0.25, 0.3) is 58.8 Å². The Kier molecular flexibility index (Phi) is 8.19. The van der Waals surface area contributed by atoms with Gasteiger partial charge in [0.05, 0.1) is 11.0 Å². The van der Waals surface area contributed by atoms with E-state index in [1.54, 1.807) is 0 Å². The lowest BCUT2D eigenvalue weighted by molar-refractivity contribution is 0.0475. The molecule has 0 saturated heterocycles. The molecule has 248 valence electrons. The molecule has 1 unspecified atom stereocenters. The van der Waals surface area contributed by atoms with E-state index in [0.29, 0.717) is 6.54 Å². The van der Waals surface area contributed by atoms with Crippen LogP contribution in [0.5, 0.6) is 0 Å². The summed E-state index contributed by atoms with van der Waals surface area (Å²) in [5, 5.41) is 7.18. The predicted molar refractivity (Wildman–Crippen MR) is 216 cm³/mol. The zero-order valence-electron chi connectivity index (χ0n) is 28.5. The second-order valence-electron chi connectivity index (χ2n) is 13.4. The molecule has 0 radical (unpaired) electrons. The minimum Gasteiger partial charge on any atom is -0.309 e. The molecular weight excluding hydrogens is 641 g/mol. The molecule has 4 nitrogen and oxygen atoms in total. The van der Waals surface area contributed by atoms with Crippen LogP contribution >= 0.6 is 11.3 Å². The molecule has 51 heavy (non-hydrogen) atoms. The number of benzene rings is 7. The lowest BCUT2D eigenvalue weighted by atomic mass is 10.0. The van der Waals surface area contributed by atoms with Crippen molar-refractivity contribution in [3.8, 4) is 16.8 Å². The number of nitrogens with zero attached hydrogens (tertiary/aromatic N) is 3. The van der Waals surface area contributed by atoms with Gasteiger partial charge in [0, 0.05) is 49.7 Å². The molecule has 0 aliphatic rings. The van der Waals surface area contributed by atoms with E-state index in [0.717, 1.165) is 17.8 Å². The second-order valence-corrected chi connectivity index (χ2v) is 14.4. The lowest BCUT2D eigenvalue weighted by Crippen LogP contribution is -2.43. The van der Waals surface area contributed by atoms with Crippen molar-refractivity contribution in [2.45, 2.75) is 19.3 Å². The Labute approximate surface area is 302 Å².